The van der Waals surface area contributed by atoms with Crippen LogP contribution in [0.5, 0.6) is 0 Å². The number of nitrogens with zero attached hydrogens (tertiary/aromatic N) is 1. The highest BCUT2D eigenvalue weighted by molar-refractivity contribution is 7.86. The zero-order valence-electron chi connectivity index (χ0n) is 13.7. The topological polar surface area (TPSA) is 46.4 Å². The van der Waals surface area contributed by atoms with Crippen LogP contribution in [0.25, 0.3) is 0 Å². The largest absolute Gasteiger partial charge is 0.296 e. The molecule has 0 unspecified atom stereocenters. The summed E-state index contributed by atoms with van der Waals surface area (Å²) in [7, 11) is -2.52. The van der Waals surface area contributed by atoms with E-state index in [2.05, 4.69) is 41.7 Å². The molecule has 1 aliphatic rings. The van der Waals surface area contributed by atoms with Crippen LogP contribution in [0.4, 0.5) is 11.4 Å². The van der Waals surface area contributed by atoms with Gasteiger partial charge in [0.15, 0.2) is 5.71 Å². The molecule has 0 aromatic heterocycles. The van der Waals surface area contributed by atoms with Gasteiger partial charge in [0.25, 0.3) is 10.1 Å². The van der Waals surface area contributed by atoms with E-state index < -0.39 is 10.1 Å². The molecule has 1 heterocycles. The number of para-hydroxylation sites is 1. The molecule has 3 rings (SSSR count). The van der Waals surface area contributed by atoms with Crippen LogP contribution in [0.15, 0.2) is 53.4 Å². The van der Waals surface area contributed by atoms with Crippen molar-refractivity contribution in [1.82, 2.24) is 4.58 Å². The molecule has 1 aliphatic heterocycles. The quantitative estimate of drug-likeness (QED) is 0.638. The van der Waals surface area contributed by atoms with Gasteiger partial charge in [-0.05, 0) is 26.0 Å². The number of benzene rings is 2. The van der Waals surface area contributed by atoms with Crippen LogP contribution in [0, 0.1) is 0 Å². The zero-order chi connectivity index (χ0) is 16.8. The van der Waals surface area contributed by atoms with Crippen LogP contribution in [0.3, 0.4) is 0 Å². The number of hydrogen-bond donors (Lipinski definition) is 0. The summed E-state index contributed by atoms with van der Waals surface area (Å²) in [6.07, 6.45) is 0. The Morgan fingerprint density at radius 3 is 2.30 bits per heavy atom. The fourth-order valence-electron chi connectivity index (χ4n) is 3.03. The minimum atomic E-state index is -3.70. The highest BCUT2D eigenvalue weighted by atomic mass is 32.2. The van der Waals surface area contributed by atoms with Crippen molar-refractivity contribution in [1.29, 1.82) is 0 Å². The average molecular weight is 330 g/mol. The van der Waals surface area contributed by atoms with E-state index in [1.54, 1.807) is 12.1 Å². The lowest BCUT2D eigenvalue weighted by Crippen LogP contribution is -2.26. The van der Waals surface area contributed by atoms with E-state index >= 15 is 0 Å². The Morgan fingerprint density at radius 2 is 1.70 bits per heavy atom. The van der Waals surface area contributed by atoms with Gasteiger partial charge >= 0.3 is 0 Å². The SMILES string of the molecule is COS(=O)(=O)c1ccc2c(c1)C(C)(C)C(C)=[N+]2c1ccccc1. The van der Waals surface area contributed by atoms with Gasteiger partial charge in [-0.15, -0.1) is 0 Å². The predicted molar refractivity (Wildman–Crippen MR) is 92.2 cm³/mol. The number of hydrogen-bond acceptors (Lipinski definition) is 3. The molecular weight excluding hydrogens is 310 g/mol. The highest BCUT2D eigenvalue weighted by Gasteiger charge is 2.44. The summed E-state index contributed by atoms with van der Waals surface area (Å²) < 4.78 is 30.8. The van der Waals surface area contributed by atoms with Gasteiger partial charge < -0.3 is 0 Å². The van der Waals surface area contributed by atoms with E-state index in [0.717, 1.165) is 22.6 Å². The van der Waals surface area contributed by atoms with E-state index in [-0.39, 0.29) is 10.3 Å². The van der Waals surface area contributed by atoms with Crippen LogP contribution in [-0.4, -0.2) is 21.2 Å². The Balaban J connectivity index is 2.25. The Bertz CT molecular complexity index is 897. The molecule has 0 amide bonds. The van der Waals surface area contributed by atoms with Gasteiger partial charge in [0, 0.05) is 30.7 Å². The van der Waals surface area contributed by atoms with Crippen LogP contribution < -0.4 is 4.58 Å². The molecule has 4 nitrogen and oxygen atoms in total. The van der Waals surface area contributed by atoms with Crippen molar-refractivity contribution in [3.8, 4) is 0 Å². The van der Waals surface area contributed by atoms with E-state index in [1.807, 2.05) is 24.3 Å². The molecule has 0 aliphatic carbocycles. The van der Waals surface area contributed by atoms with E-state index in [4.69, 9.17) is 0 Å². The third-order valence-electron chi connectivity index (χ3n) is 4.64. The second-order valence-corrected chi connectivity index (χ2v) is 7.89. The van der Waals surface area contributed by atoms with Crippen molar-refractivity contribution in [2.24, 2.45) is 0 Å². The molecule has 0 N–H and O–H groups in total. The average Bonchev–Trinajstić information content (AvgIpc) is 2.75. The summed E-state index contributed by atoms with van der Waals surface area (Å²) in [5.41, 5.74) is 3.96. The molecular formula is C18H20NO3S+. The summed E-state index contributed by atoms with van der Waals surface area (Å²) in [5, 5.41) is 0. The lowest BCUT2D eigenvalue weighted by atomic mass is 9.82. The molecule has 0 radical (unpaired) electrons. The van der Waals surface area contributed by atoms with Gasteiger partial charge in [-0.3, -0.25) is 4.18 Å². The molecule has 2 aromatic rings. The minimum absolute atomic E-state index is 0.189. The molecule has 23 heavy (non-hydrogen) atoms. The van der Waals surface area contributed by atoms with Gasteiger partial charge in [0.1, 0.15) is 0 Å². The fraction of sp³-hybridized carbons (Fsp3) is 0.278. The Labute approximate surface area is 137 Å². The van der Waals surface area contributed by atoms with Gasteiger partial charge in [-0.1, -0.05) is 18.2 Å². The van der Waals surface area contributed by atoms with Crippen LogP contribution in [0.2, 0.25) is 0 Å². The van der Waals surface area contributed by atoms with Gasteiger partial charge in [0.05, 0.1) is 17.4 Å². The fourth-order valence-corrected chi connectivity index (χ4v) is 3.72. The summed E-state index contributed by atoms with van der Waals surface area (Å²) in [4.78, 5) is 0.189. The Hall–Kier alpha value is -1.98. The van der Waals surface area contributed by atoms with Crippen molar-refractivity contribution < 1.29 is 12.6 Å². The normalized spacial score (nSPS) is 16.5. The standard InChI is InChI=1S/C18H20NO3S/c1-13-18(2,3)16-12-15(23(20,21)22-4)10-11-17(16)19(13)14-8-6-5-7-9-14/h5-12H,1-4H3/q+1. The minimum Gasteiger partial charge on any atom is -0.270 e. The summed E-state index contributed by atoms with van der Waals surface area (Å²) in [5.74, 6) is 0. The first-order chi connectivity index (χ1) is 10.8. The maximum Gasteiger partial charge on any atom is 0.296 e. The molecule has 2 aromatic carbocycles. The third kappa shape index (κ3) is 2.40. The molecule has 120 valence electrons. The second kappa shape index (κ2) is 5.28. The molecule has 0 spiro atoms. The smallest absolute Gasteiger partial charge is 0.270 e. The van der Waals surface area contributed by atoms with Crippen molar-refractivity contribution in [3.05, 3.63) is 54.1 Å². The van der Waals surface area contributed by atoms with Crippen LogP contribution >= 0.6 is 0 Å². The van der Waals surface area contributed by atoms with Crippen molar-refractivity contribution >= 4 is 27.2 Å². The van der Waals surface area contributed by atoms with E-state index in [0.29, 0.717) is 0 Å². The highest BCUT2D eigenvalue weighted by Crippen LogP contribution is 2.42. The van der Waals surface area contributed by atoms with Crippen molar-refractivity contribution in [3.63, 3.8) is 0 Å². The Kier molecular flexibility index (Phi) is 3.65. The van der Waals surface area contributed by atoms with E-state index in [1.165, 1.54) is 7.11 Å². The number of fused-ring (bicyclic) bond motifs is 1. The molecule has 0 bridgehead atoms. The maximum absolute atomic E-state index is 12.0. The van der Waals surface area contributed by atoms with Crippen molar-refractivity contribution in [2.45, 2.75) is 31.1 Å². The predicted octanol–water partition coefficient (Wildman–Crippen LogP) is 3.61. The molecule has 0 atom stereocenters. The molecule has 0 saturated carbocycles. The summed E-state index contributed by atoms with van der Waals surface area (Å²) in [6.45, 7) is 6.29. The number of rotatable bonds is 3. The van der Waals surface area contributed by atoms with Crippen LogP contribution in [0.1, 0.15) is 26.3 Å². The van der Waals surface area contributed by atoms with E-state index in [9.17, 15) is 8.42 Å². The van der Waals surface area contributed by atoms with Gasteiger partial charge in [0.2, 0.25) is 11.4 Å². The lowest BCUT2D eigenvalue weighted by Gasteiger charge is -2.15. The van der Waals surface area contributed by atoms with Gasteiger partial charge in [-0.2, -0.15) is 13.0 Å². The molecule has 0 saturated heterocycles. The first kappa shape index (κ1) is 15.9. The second-order valence-electron chi connectivity index (χ2n) is 6.18. The first-order valence-electron chi connectivity index (χ1n) is 7.43. The Morgan fingerprint density at radius 1 is 1.04 bits per heavy atom. The van der Waals surface area contributed by atoms with Crippen LogP contribution in [-0.2, 0) is 19.7 Å². The lowest BCUT2D eigenvalue weighted by molar-refractivity contribution is 0.397. The molecule has 5 heteroatoms. The van der Waals surface area contributed by atoms with Crippen molar-refractivity contribution in [2.75, 3.05) is 7.11 Å². The third-order valence-corrected chi connectivity index (χ3v) is 5.91. The zero-order valence-corrected chi connectivity index (χ0v) is 14.5. The van der Waals surface area contributed by atoms with Gasteiger partial charge in [-0.25, -0.2) is 0 Å². The monoisotopic (exact) mass is 330 g/mol. The summed E-state index contributed by atoms with van der Waals surface area (Å²) >= 11 is 0. The first-order valence-corrected chi connectivity index (χ1v) is 8.84. The summed E-state index contributed by atoms with van der Waals surface area (Å²) in [6, 6.07) is 15.3. The maximum atomic E-state index is 12.0. The molecule has 0 fully saturated rings.